The van der Waals surface area contributed by atoms with E-state index in [9.17, 15) is 4.79 Å². The summed E-state index contributed by atoms with van der Waals surface area (Å²) >= 11 is 7.11. The van der Waals surface area contributed by atoms with Gasteiger partial charge in [0.05, 0.1) is 18.1 Å². The Hall–Kier alpha value is -1.98. The topological polar surface area (TPSA) is 52.1 Å². The predicted molar refractivity (Wildman–Crippen MR) is 81.0 cm³/mol. The van der Waals surface area contributed by atoms with E-state index in [1.807, 2.05) is 30.3 Å². The van der Waals surface area contributed by atoms with E-state index in [1.165, 1.54) is 0 Å². The van der Waals surface area contributed by atoms with Crippen molar-refractivity contribution in [1.29, 1.82) is 0 Å². The number of esters is 1. The minimum atomic E-state index is -0.231. The molecule has 0 unspecified atom stereocenters. The van der Waals surface area contributed by atoms with E-state index in [-0.39, 0.29) is 11.9 Å². The molecule has 2 heterocycles. The second kappa shape index (κ2) is 4.79. The van der Waals surface area contributed by atoms with Crippen molar-refractivity contribution in [3.8, 4) is 5.75 Å². The number of benzene rings is 2. The molecule has 4 nitrogen and oxygen atoms in total. The van der Waals surface area contributed by atoms with E-state index in [4.69, 9.17) is 16.3 Å². The molecule has 0 aliphatic carbocycles. The second-order valence-electron chi connectivity index (χ2n) is 4.89. The summed E-state index contributed by atoms with van der Waals surface area (Å²) in [4.78, 5) is 11.9. The van der Waals surface area contributed by atoms with Gasteiger partial charge in [-0.3, -0.25) is 4.79 Å². The van der Waals surface area contributed by atoms with E-state index in [0.717, 1.165) is 33.9 Å². The molecule has 2 aromatic carbocycles. The van der Waals surface area contributed by atoms with Gasteiger partial charge in [0.1, 0.15) is 16.8 Å². The summed E-state index contributed by atoms with van der Waals surface area (Å²) in [6, 6.07) is 11.2. The van der Waals surface area contributed by atoms with Gasteiger partial charge in [0.2, 0.25) is 0 Å². The van der Waals surface area contributed by atoms with Gasteiger partial charge in [0.15, 0.2) is 0 Å². The number of carbonyl (C=O) groups excluding carboxylic acids is 1. The van der Waals surface area contributed by atoms with Gasteiger partial charge < -0.3 is 4.74 Å². The van der Waals surface area contributed by atoms with Crippen LogP contribution < -0.4 is 4.74 Å². The van der Waals surface area contributed by atoms with E-state index >= 15 is 0 Å². The molecule has 0 spiro atoms. The molecular weight excluding hydrogens is 308 g/mol. The molecule has 0 fully saturated rings. The number of rotatable bonds is 1. The first-order valence-electron chi connectivity index (χ1n) is 6.43. The highest BCUT2D eigenvalue weighted by Gasteiger charge is 2.31. The Morgan fingerprint density at radius 1 is 1.14 bits per heavy atom. The largest absolute Gasteiger partial charge is 0.426 e. The van der Waals surface area contributed by atoms with Gasteiger partial charge in [0.25, 0.3) is 0 Å². The molecule has 0 saturated carbocycles. The fourth-order valence-corrected chi connectivity index (χ4v) is 3.37. The fourth-order valence-electron chi connectivity index (χ4n) is 2.69. The summed E-state index contributed by atoms with van der Waals surface area (Å²) in [6.07, 6.45) is 0.297. The number of aromatic nitrogens is 2. The summed E-state index contributed by atoms with van der Waals surface area (Å²) in [5, 5.41) is 0.672. The molecule has 1 aromatic heterocycles. The van der Waals surface area contributed by atoms with E-state index in [0.29, 0.717) is 17.2 Å². The number of hydrogen-bond acceptors (Lipinski definition) is 5. The van der Waals surface area contributed by atoms with Crippen LogP contribution in [0.2, 0.25) is 5.02 Å². The fraction of sp³-hybridized carbons (Fsp3) is 0.133. The maximum atomic E-state index is 11.9. The zero-order chi connectivity index (χ0) is 14.4. The first kappa shape index (κ1) is 12.7. The van der Waals surface area contributed by atoms with Gasteiger partial charge in [-0.1, -0.05) is 23.7 Å². The number of hydrogen-bond donors (Lipinski definition) is 0. The van der Waals surface area contributed by atoms with Crippen molar-refractivity contribution in [1.82, 2.24) is 8.75 Å². The van der Waals surface area contributed by atoms with Crippen molar-refractivity contribution >= 4 is 40.3 Å². The Kier molecular flexibility index (Phi) is 2.90. The van der Waals surface area contributed by atoms with Crippen LogP contribution in [0.3, 0.4) is 0 Å². The van der Waals surface area contributed by atoms with Crippen LogP contribution in [0, 0.1) is 0 Å². The lowest BCUT2D eigenvalue weighted by atomic mass is 9.85. The Morgan fingerprint density at radius 2 is 1.95 bits per heavy atom. The molecule has 1 atom stereocenters. The van der Waals surface area contributed by atoms with Crippen LogP contribution in [0.1, 0.15) is 23.5 Å². The molecule has 1 aliphatic heterocycles. The van der Waals surface area contributed by atoms with E-state index < -0.39 is 0 Å². The third kappa shape index (κ3) is 2.09. The lowest BCUT2D eigenvalue weighted by Gasteiger charge is -2.24. The molecule has 0 bridgehead atoms. The van der Waals surface area contributed by atoms with Crippen LogP contribution >= 0.6 is 23.3 Å². The number of carbonyl (C=O) groups is 1. The molecular formula is C15H9ClN2O2S. The first-order chi connectivity index (χ1) is 10.2. The molecule has 4 rings (SSSR count). The standard InChI is InChI=1S/C15H9ClN2O2S/c16-9-3-1-8(2-4-9)10-7-13(19)20-12-6-5-11-15(14(10)12)18-21-17-11/h1-6,10H,7H2/t10-/m0/s1. The zero-order valence-electron chi connectivity index (χ0n) is 10.7. The highest BCUT2D eigenvalue weighted by molar-refractivity contribution is 7.00. The van der Waals surface area contributed by atoms with Gasteiger partial charge in [-0.15, -0.1) is 0 Å². The van der Waals surface area contributed by atoms with Crippen LogP contribution in [0.4, 0.5) is 0 Å². The number of halogens is 1. The maximum absolute atomic E-state index is 11.9. The van der Waals surface area contributed by atoms with Crippen molar-refractivity contribution in [2.24, 2.45) is 0 Å². The van der Waals surface area contributed by atoms with Gasteiger partial charge in [-0.05, 0) is 29.8 Å². The highest BCUT2D eigenvalue weighted by atomic mass is 35.5. The third-order valence-electron chi connectivity index (χ3n) is 3.64. The van der Waals surface area contributed by atoms with Gasteiger partial charge in [0, 0.05) is 16.5 Å². The van der Waals surface area contributed by atoms with Crippen LogP contribution in [0.15, 0.2) is 36.4 Å². The summed E-state index contributed by atoms with van der Waals surface area (Å²) in [6.45, 7) is 0. The summed E-state index contributed by atoms with van der Waals surface area (Å²) in [7, 11) is 0. The third-order valence-corrected chi connectivity index (χ3v) is 4.44. The average molecular weight is 317 g/mol. The molecule has 0 radical (unpaired) electrons. The van der Waals surface area contributed by atoms with Crippen LogP contribution in [-0.2, 0) is 4.79 Å². The van der Waals surface area contributed by atoms with Crippen molar-refractivity contribution in [2.45, 2.75) is 12.3 Å². The smallest absolute Gasteiger partial charge is 0.312 e. The minimum absolute atomic E-state index is 0.0777. The summed E-state index contributed by atoms with van der Waals surface area (Å²) in [5.41, 5.74) is 3.60. The highest BCUT2D eigenvalue weighted by Crippen LogP contribution is 2.42. The SMILES string of the molecule is O=C1C[C@@H](c2ccc(Cl)cc2)c2c(ccc3nsnc23)O1. The normalized spacial score (nSPS) is 17.6. The molecule has 1 aliphatic rings. The molecule has 0 N–H and O–H groups in total. The summed E-state index contributed by atoms with van der Waals surface area (Å²) < 4.78 is 14.0. The molecule has 3 aromatic rings. The Labute approximate surface area is 129 Å². The van der Waals surface area contributed by atoms with E-state index in [1.54, 1.807) is 6.07 Å². The maximum Gasteiger partial charge on any atom is 0.312 e. The average Bonchev–Trinajstić information content (AvgIpc) is 2.95. The lowest BCUT2D eigenvalue weighted by molar-refractivity contribution is -0.135. The predicted octanol–water partition coefficient (Wildman–Crippen LogP) is 3.79. The van der Waals surface area contributed by atoms with Gasteiger partial charge >= 0.3 is 5.97 Å². The Bertz CT molecular complexity index is 845. The van der Waals surface area contributed by atoms with Crippen molar-refractivity contribution < 1.29 is 9.53 Å². The van der Waals surface area contributed by atoms with E-state index in [2.05, 4.69) is 8.75 Å². The van der Waals surface area contributed by atoms with Gasteiger partial charge in [-0.25, -0.2) is 0 Å². The second-order valence-corrected chi connectivity index (χ2v) is 5.86. The first-order valence-corrected chi connectivity index (χ1v) is 7.54. The van der Waals surface area contributed by atoms with Crippen molar-refractivity contribution in [3.05, 3.63) is 52.5 Å². The molecule has 0 saturated heterocycles. The van der Waals surface area contributed by atoms with Crippen molar-refractivity contribution in [2.75, 3.05) is 0 Å². The molecule has 21 heavy (non-hydrogen) atoms. The van der Waals surface area contributed by atoms with Crippen molar-refractivity contribution in [3.63, 3.8) is 0 Å². The molecule has 104 valence electrons. The van der Waals surface area contributed by atoms with Crippen LogP contribution in [-0.4, -0.2) is 14.7 Å². The molecule has 6 heteroatoms. The monoisotopic (exact) mass is 316 g/mol. The quantitative estimate of drug-likeness (QED) is 0.506. The number of ether oxygens (including phenoxy) is 1. The zero-order valence-corrected chi connectivity index (χ0v) is 12.3. The Morgan fingerprint density at radius 3 is 2.76 bits per heavy atom. The lowest BCUT2D eigenvalue weighted by Crippen LogP contribution is -2.21. The number of fused-ring (bicyclic) bond motifs is 3. The number of nitrogens with zero attached hydrogens (tertiary/aromatic N) is 2. The Balaban J connectivity index is 1.95. The van der Waals surface area contributed by atoms with Gasteiger partial charge in [-0.2, -0.15) is 8.75 Å². The minimum Gasteiger partial charge on any atom is -0.426 e. The van der Waals surface area contributed by atoms with Crippen LogP contribution in [0.5, 0.6) is 5.75 Å². The van der Waals surface area contributed by atoms with Crippen LogP contribution in [0.25, 0.3) is 11.0 Å². The summed E-state index contributed by atoms with van der Waals surface area (Å²) in [5.74, 6) is 0.266. The molecule has 0 amide bonds.